The van der Waals surface area contributed by atoms with Crippen LogP contribution in [0.25, 0.3) is 0 Å². The van der Waals surface area contributed by atoms with Gasteiger partial charge in [0.15, 0.2) is 0 Å². The fourth-order valence-electron chi connectivity index (χ4n) is 3.54. The lowest BCUT2D eigenvalue weighted by Crippen LogP contribution is -2.77. The molecule has 3 rings (SSSR count). The molecule has 1 spiro atoms. The van der Waals surface area contributed by atoms with E-state index in [0.717, 1.165) is 0 Å². The van der Waals surface area contributed by atoms with Gasteiger partial charge < -0.3 is 4.74 Å². The van der Waals surface area contributed by atoms with E-state index in [1.165, 1.54) is 0 Å². The molecular formula is C12H18N4O4. The molecule has 3 aliphatic rings. The summed E-state index contributed by atoms with van der Waals surface area (Å²) in [5.41, 5.74) is 9.02. The molecule has 4 N–H and O–H groups in total. The van der Waals surface area contributed by atoms with Gasteiger partial charge in [0, 0.05) is 6.61 Å². The fourth-order valence-corrected chi connectivity index (χ4v) is 3.54. The normalized spacial score (nSPS) is 39.6. The van der Waals surface area contributed by atoms with Crippen LogP contribution in [0.1, 0.15) is 26.7 Å². The highest BCUT2D eigenvalue weighted by Gasteiger charge is 2.59. The quantitative estimate of drug-likeness (QED) is 0.398. The van der Waals surface area contributed by atoms with Crippen LogP contribution in [-0.2, 0) is 19.1 Å². The smallest absolute Gasteiger partial charge is 0.251 e. The van der Waals surface area contributed by atoms with Crippen molar-refractivity contribution in [2.24, 2.45) is 11.8 Å². The minimum Gasteiger partial charge on any atom is -0.375 e. The van der Waals surface area contributed by atoms with Crippen LogP contribution < -0.4 is 21.7 Å². The maximum atomic E-state index is 12.2. The Bertz CT molecular complexity index is 484. The molecule has 0 unspecified atom stereocenters. The molecule has 8 nitrogen and oxygen atoms in total. The van der Waals surface area contributed by atoms with Crippen molar-refractivity contribution >= 4 is 17.7 Å². The van der Waals surface area contributed by atoms with E-state index in [9.17, 15) is 14.4 Å². The molecule has 0 aromatic carbocycles. The summed E-state index contributed by atoms with van der Waals surface area (Å²) in [6, 6.07) is 0. The van der Waals surface area contributed by atoms with Gasteiger partial charge in [-0.05, 0) is 26.7 Å². The van der Waals surface area contributed by atoms with Crippen molar-refractivity contribution in [1.29, 1.82) is 0 Å². The molecule has 0 aliphatic carbocycles. The number of ether oxygens (including phenoxy) is 1. The highest BCUT2D eigenvalue weighted by atomic mass is 16.5. The zero-order valence-electron chi connectivity index (χ0n) is 11.4. The maximum Gasteiger partial charge on any atom is 0.251 e. The highest BCUT2D eigenvalue weighted by molar-refractivity contribution is 6.08. The number of amides is 3. The Morgan fingerprint density at radius 1 is 1.05 bits per heavy atom. The van der Waals surface area contributed by atoms with E-state index in [0.29, 0.717) is 19.4 Å². The van der Waals surface area contributed by atoms with Crippen LogP contribution in [-0.4, -0.2) is 35.5 Å². The molecule has 3 amide bonds. The first kappa shape index (κ1) is 13.3. The first-order chi connectivity index (χ1) is 9.35. The third-order valence-electron chi connectivity index (χ3n) is 4.30. The number of rotatable bonds is 0. The van der Waals surface area contributed by atoms with Gasteiger partial charge in [-0.1, -0.05) is 0 Å². The van der Waals surface area contributed by atoms with E-state index in [1.807, 2.05) is 13.8 Å². The SMILES string of the molecule is CC1(C)C[C@]2(CCO1)NNC(=O)[C@H]1C(=O)NNC(=O)[C@@H]12. The standard InChI is InChI=1S/C12H18N4O4/c1-11(2)5-12(3-4-20-11)7-6(9(18)15-16-12)8(17)13-14-10(7)19/h6-7,16H,3-5H2,1-2H3,(H,13,17)(H,14,19)(H,15,18)/t6-,7-,12+/m1/s1. The average Bonchev–Trinajstić information content (AvgIpc) is 2.36. The topological polar surface area (TPSA) is 109 Å². The second-order valence-corrected chi connectivity index (χ2v) is 6.24. The summed E-state index contributed by atoms with van der Waals surface area (Å²) in [7, 11) is 0. The molecule has 8 heteroatoms. The molecule has 3 fully saturated rings. The number of fused-ring (bicyclic) bond motifs is 2. The Morgan fingerprint density at radius 3 is 2.40 bits per heavy atom. The molecular weight excluding hydrogens is 264 g/mol. The van der Waals surface area contributed by atoms with Gasteiger partial charge in [-0.25, -0.2) is 5.43 Å². The zero-order chi connectivity index (χ0) is 14.5. The number of carbonyl (C=O) groups excluding carboxylic acids is 3. The van der Waals surface area contributed by atoms with Gasteiger partial charge >= 0.3 is 0 Å². The molecule has 110 valence electrons. The number of carbonyl (C=O) groups is 3. The van der Waals surface area contributed by atoms with Crippen LogP contribution in [0.2, 0.25) is 0 Å². The van der Waals surface area contributed by atoms with Gasteiger partial charge in [-0.15, -0.1) is 0 Å². The van der Waals surface area contributed by atoms with Gasteiger partial charge in [0.2, 0.25) is 11.8 Å². The summed E-state index contributed by atoms with van der Waals surface area (Å²) < 4.78 is 5.68. The minimum atomic E-state index is -1.00. The Morgan fingerprint density at radius 2 is 1.70 bits per heavy atom. The van der Waals surface area contributed by atoms with E-state index < -0.39 is 34.8 Å². The van der Waals surface area contributed by atoms with Gasteiger partial charge in [0.05, 0.1) is 17.1 Å². The van der Waals surface area contributed by atoms with E-state index in [4.69, 9.17) is 4.74 Å². The van der Waals surface area contributed by atoms with Gasteiger partial charge in [0.1, 0.15) is 5.92 Å². The third-order valence-corrected chi connectivity index (χ3v) is 4.30. The summed E-state index contributed by atoms with van der Waals surface area (Å²) in [4.78, 5) is 36.1. The van der Waals surface area contributed by atoms with Crippen molar-refractivity contribution in [2.75, 3.05) is 6.61 Å². The van der Waals surface area contributed by atoms with Crippen LogP contribution in [0.3, 0.4) is 0 Å². The first-order valence-corrected chi connectivity index (χ1v) is 6.65. The molecule has 0 bridgehead atoms. The van der Waals surface area contributed by atoms with Crippen LogP contribution in [0, 0.1) is 11.8 Å². The van der Waals surface area contributed by atoms with E-state index in [1.54, 1.807) is 0 Å². The molecule has 3 aliphatic heterocycles. The molecule has 0 radical (unpaired) electrons. The van der Waals surface area contributed by atoms with E-state index in [-0.39, 0.29) is 5.91 Å². The largest absolute Gasteiger partial charge is 0.375 e. The molecule has 3 atom stereocenters. The summed E-state index contributed by atoms with van der Waals surface area (Å²) in [5, 5.41) is 0. The van der Waals surface area contributed by atoms with Crippen LogP contribution in [0.15, 0.2) is 0 Å². The molecule has 3 heterocycles. The lowest BCUT2D eigenvalue weighted by atomic mass is 9.65. The van der Waals surface area contributed by atoms with Crippen molar-refractivity contribution in [3.63, 3.8) is 0 Å². The summed E-state index contributed by atoms with van der Waals surface area (Å²) in [6.45, 7) is 4.33. The van der Waals surface area contributed by atoms with Gasteiger partial charge in [-0.3, -0.25) is 30.7 Å². The van der Waals surface area contributed by atoms with Crippen LogP contribution >= 0.6 is 0 Å². The molecule has 0 saturated carbocycles. The highest BCUT2D eigenvalue weighted by Crippen LogP contribution is 2.42. The van der Waals surface area contributed by atoms with Crippen molar-refractivity contribution in [1.82, 2.24) is 21.7 Å². The average molecular weight is 282 g/mol. The second-order valence-electron chi connectivity index (χ2n) is 6.24. The summed E-state index contributed by atoms with van der Waals surface area (Å²) in [6.07, 6.45) is 1.08. The molecule has 0 aromatic rings. The fraction of sp³-hybridized carbons (Fsp3) is 0.750. The lowest BCUT2D eigenvalue weighted by Gasteiger charge is -2.53. The second kappa shape index (κ2) is 4.16. The zero-order valence-corrected chi connectivity index (χ0v) is 11.4. The number of hydrogen-bond donors (Lipinski definition) is 4. The Hall–Kier alpha value is -1.67. The van der Waals surface area contributed by atoms with Crippen molar-refractivity contribution in [3.05, 3.63) is 0 Å². The van der Waals surface area contributed by atoms with E-state index >= 15 is 0 Å². The first-order valence-electron chi connectivity index (χ1n) is 6.65. The predicted octanol–water partition coefficient (Wildman–Crippen LogP) is -1.66. The Kier molecular flexibility index (Phi) is 2.77. The van der Waals surface area contributed by atoms with Gasteiger partial charge in [-0.2, -0.15) is 0 Å². The molecule has 3 saturated heterocycles. The Labute approximate surface area is 115 Å². The van der Waals surface area contributed by atoms with Crippen LogP contribution in [0.5, 0.6) is 0 Å². The maximum absolute atomic E-state index is 12.2. The van der Waals surface area contributed by atoms with Crippen molar-refractivity contribution < 1.29 is 19.1 Å². The van der Waals surface area contributed by atoms with Gasteiger partial charge in [0.25, 0.3) is 5.91 Å². The summed E-state index contributed by atoms with van der Waals surface area (Å²) in [5.74, 6) is -3.02. The molecule has 0 aromatic heterocycles. The third kappa shape index (κ3) is 1.87. The summed E-state index contributed by atoms with van der Waals surface area (Å²) >= 11 is 0. The number of hydrazine groups is 2. The van der Waals surface area contributed by atoms with Crippen LogP contribution in [0.4, 0.5) is 0 Å². The van der Waals surface area contributed by atoms with E-state index in [2.05, 4.69) is 21.7 Å². The lowest BCUT2D eigenvalue weighted by molar-refractivity contribution is -0.169. The molecule has 20 heavy (non-hydrogen) atoms. The predicted molar refractivity (Wildman–Crippen MR) is 66.5 cm³/mol. The monoisotopic (exact) mass is 282 g/mol. The Balaban J connectivity index is 2.00. The number of hydrogen-bond acceptors (Lipinski definition) is 5. The van der Waals surface area contributed by atoms with Crippen molar-refractivity contribution in [2.45, 2.75) is 37.8 Å². The number of nitrogens with one attached hydrogen (secondary N) is 4. The minimum absolute atomic E-state index is 0.338. The van der Waals surface area contributed by atoms with Crippen molar-refractivity contribution in [3.8, 4) is 0 Å².